The lowest BCUT2D eigenvalue weighted by Crippen LogP contribution is -2.34. The zero-order chi connectivity index (χ0) is 11.3. The van der Waals surface area contributed by atoms with Crippen LogP contribution in [0.4, 0.5) is 0 Å². The zero-order valence-corrected chi connectivity index (χ0v) is 12.7. The van der Waals surface area contributed by atoms with Crippen molar-refractivity contribution in [1.29, 1.82) is 0 Å². The molecule has 1 aromatic rings. The first kappa shape index (κ1) is 13.4. The van der Waals surface area contributed by atoms with Gasteiger partial charge in [-0.3, -0.25) is 0 Å². The van der Waals surface area contributed by atoms with Gasteiger partial charge in [0.1, 0.15) is 0 Å². The van der Waals surface area contributed by atoms with Gasteiger partial charge < -0.3 is 10.6 Å². The van der Waals surface area contributed by atoms with Crippen molar-refractivity contribution in [3.63, 3.8) is 0 Å². The average Bonchev–Trinajstić information content (AvgIpc) is 2.20. The highest BCUT2D eigenvalue weighted by Crippen LogP contribution is 2.18. The van der Waals surface area contributed by atoms with Crippen LogP contribution in [-0.4, -0.2) is 19.6 Å². The summed E-state index contributed by atoms with van der Waals surface area (Å²) in [4.78, 5) is 0. The van der Waals surface area contributed by atoms with Crippen molar-refractivity contribution in [3.8, 4) is 0 Å². The van der Waals surface area contributed by atoms with Gasteiger partial charge in [0.2, 0.25) is 0 Å². The van der Waals surface area contributed by atoms with Crippen LogP contribution in [0.5, 0.6) is 0 Å². The summed E-state index contributed by atoms with van der Waals surface area (Å²) in [7, 11) is 1.97. The lowest BCUT2D eigenvalue weighted by atomic mass is 10.2. The van der Waals surface area contributed by atoms with E-state index in [1.54, 1.807) is 0 Å². The Bertz CT molecular complexity index is 317. The summed E-state index contributed by atoms with van der Waals surface area (Å²) in [5.74, 6) is 0. The number of hydrogen-bond donors (Lipinski definition) is 2. The van der Waals surface area contributed by atoms with Gasteiger partial charge in [-0.05, 0) is 60.3 Å². The van der Waals surface area contributed by atoms with Crippen molar-refractivity contribution in [2.75, 3.05) is 13.6 Å². The lowest BCUT2D eigenvalue weighted by molar-refractivity contribution is 0.522. The van der Waals surface area contributed by atoms with E-state index in [0.717, 1.165) is 17.6 Å². The third-order valence-electron chi connectivity index (χ3n) is 2.16. The SMILES string of the molecule is CNCC(C)NCc1cc(Br)ccc1I. The van der Waals surface area contributed by atoms with Gasteiger partial charge in [-0.1, -0.05) is 15.9 Å². The fraction of sp³-hybridized carbons (Fsp3) is 0.455. The van der Waals surface area contributed by atoms with Crippen LogP contribution in [0.15, 0.2) is 22.7 Å². The Morgan fingerprint density at radius 3 is 2.87 bits per heavy atom. The van der Waals surface area contributed by atoms with E-state index >= 15 is 0 Å². The Hall–Kier alpha value is 0.350. The van der Waals surface area contributed by atoms with Crippen LogP contribution in [0, 0.1) is 3.57 Å². The molecule has 0 amide bonds. The van der Waals surface area contributed by atoms with E-state index in [1.165, 1.54) is 9.13 Å². The molecule has 0 saturated carbocycles. The predicted molar refractivity (Wildman–Crippen MR) is 77.1 cm³/mol. The van der Waals surface area contributed by atoms with E-state index in [2.05, 4.69) is 74.3 Å². The number of likely N-dealkylation sites (N-methyl/N-ethyl adjacent to an activating group) is 1. The molecule has 0 radical (unpaired) electrons. The lowest BCUT2D eigenvalue weighted by Gasteiger charge is -2.14. The molecule has 0 aliphatic rings. The maximum atomic E-state index is 3.49. The summed E-state index contributed by atoms with van der Waals surface area (Å²) in [6.07, 6.45) is 0. The summed E-state index contributed by atoms with van der Waals surface area (Å²) in [6, 6.07) is 6.86. The molecule has 0 spiro atoms. The van der Waals surface area contributed by atoms with Crippen LogP contribution in [0.25, 0.3) is 0 Å². The molecule has 4 heteroatoms. The first-order valence-corrected chi connectivity index (χ1v) is 6.82. The molecule has 0 fully saturated rings. The minimum atomic E-state index is 0.491. The minimum absolute atomic E-state index is 0.491. The number of benzene rings is 1. The van der Waals surface area contributed by atoms with E-state index < -0.39 is 0 Å². The van der Waals surface area contributed by atoms with Crippen molar-refractivity contribution in [2.24, 2.45) is 0 Å². The summed E-state index contributed by atoms with van der Waals surface area (Å²) in [5, 5.41) is 6.64. The molecule has 2 nitrogen and oxygen atoms in total. The van der Waals surface area contributed by atoms with Crippen molar-refractivity contribution < 1.29 is 0 Å². The third-order valence-corrected chi connectivity index (χ3v) is 3.70. The normalized spacial score (nSPS) is 12.8. The molecular weight excluding hydrogens is 367 g/mol. The van der Waals surface area contributed by atoms with E-state index in [4.69, 9.17) is 0 Å². The van der Waals surface area contributed by atoms with Crippen LogP contribution in [0.2, 0.25) is 0 Å². The third kappa shape index (κ3) is 4.80. The molecule has 0 heterocycles. The van der Waals surface area contributed by atoms with Crippen molar-refractivity contribution in [3.05, 3.63) is 31.8 Å². The van der Waals surface area contributed by atoms with Gasteiger partial charge in [0, 0.05) is 27.2 Å². The Kier molecular flexibility index (Phi) is 6.11. The van der Waals surface area contributed by atoms with Gasteiger partial charge >= 0.3 is 0 Å². The highest BCUT2D eigenvalue weighted by Gasteiger charge is 2.03. The highest BCUT2D eigenvalue weighted by atomic mass is 127. The van der Waals surface area contributed by atoms with Crippen LogP contribution < -0.4 is 10.6 Å². The molecular formula is C11H16BrIN2. The molecule has 1 aromatic carbocycles. The molecule has 0 aromatic heterocycles. The molecule has 15 heavy (non-hydrogen) atoms. The second-order valence-corrected chi connectivity index (χ2v) is 5.65. The Labute approximate surface area is 113 Å². The Balaban J connectivity index is 2.53. The van der Waals surface area contributed by atoms with E-state index in [-0.39, 0.29) is 0 Å². The Morgan fingerprint density at radius 2 is 2.20 bits per heavy atom. The van der Waals surface area contributed by atoms with Crippen LogP contribution >= 0.6 is 38.5 Å². The van der Waals surface area contributed by atoms with Crippen LogP contribution in [0.1, 0.15) is 12.5 Å². The minimum Gasteiger partial charge on any atom is -0.318 e. The first-order valence-electron chi connectivity index (χ1n) is 4.95. The summed E-state index contributed by atoms with van der Waals surface area (Å²) in [6.45, 7) is 4.09. The van der Waals surface area contributed by atoms with Gasteiger partial charge in [-0.15, -0.1) is 0 Å². The van der Waals surface area contributed by atoms with E-state index in [9.17, 15) is 0 Å². The van der Waals surface area contributed by atoms with Crippen LogP contribution in [0.3, 0.4) is 0 Å². The number of hydrogen-bond acceptors (Lipinski definition) is 2. The Morgan fingerprint density at radius 1 is 1.47 bits per heavy atom. The van der Waals surface area contributed by atoms with Gasteiger partial charge in [-0.25, -0.2) is 0 Å². The second kappa shape index (κ2) is 6.83. The molecule has 0 aliphatic carbocycles. The molecule has 1 unspecified atom stereocenters. The van der Waals surface area contributed by atoms with E-state index in [0.29, 0.717) is 6.04 Å². The average molecular weight is 383 g/mol. The number of nitrogens with one attached hydrogen (secondary N) is 2. The van der Waals surface area contributed by atoms with Crippen LogP contribution in [-0.2, 0) is 6.54 Å². The predicted octanol–water partition coefficient (Wildman–Crippen LogP) is 2.75. The summed E-state index contributed by atoms with van der Waals surface area (Å²) in [5.41, 5.74) is 1.34. The smallest absolute Gasteiger partial charge is 0.0219 e. The topological polar surface area (TPSA) is 24.1 Å². The maximum absolute atomic E-state index is 3.49. The molecule has 1 atom stereocenters. The standard InChI is InChI=1S/C11H16BrIN2/c1-8(6-14-2)15-7-9-5-10(12)3-4-11(9)13/h3-5,8,14-15H,6-7H2,1-2H3. The fourth-order valence-electron chi connectivity index (χ4n) is 1.34. The molecule has 0 bridgehead atoms. The quantitative estimate of drug-likeness (QED) is 0.765. The molecule has 84 valence electrons. The molecule has 1 rings (SSSR count). The first-order chi connectivity index (χ1) is 7.13. The zero-order valence-electron chi connectivity index (χ0n) is 8.98. The molecule has 0 saturated heterocycles. The molecule has 0 aliphatic heterocycles. The van der Waals surface area contributed by atoms with E-state index in [1.807, 2.05) is 7.05 Å². The van der Waals surface area contributed by atoms with Gasteiger partial charge in [0.15, 0.2) is 0 Å². The monoisotopic (exact) mass is 382 g/mol. The number of halogens is 2. The van der Waals surface area contributed by atoms with Gasteiger partial charge in [-0.2, -0.15) is 0 Å². The van der Waals surface area contributed by atoms with Crippen molar-refractivity contribution in [1.82, 2.24) is 10.6 Å². The maximum Gasteiger partial charge on any atom is 0.0219 e. The molecule has 2 N–H and O–H groups in total. The fourth-order valence-corrected chi connectivity index (χ4v) is 2.28. The van der Waals surface area contributed by atoms with Gasteiger partial charge in [0.25, 0.3) is 0 Å². The van der Waals surface area contributed by atoms with Crippen molar-refractivity contribution >= 4 is 38.5 Å². The second-order valence-electron chi connectivity index (χ2n) is 3.58. The number of rotatable bonds is 5. The van der Waals surface area contributed by atoms with Gasteiger partial charge in [0.05, 0.1) is 0 Å². The van der Waals surface area contributed by atoms with Crippen molar-refractivity contribution in [2.45, 2.75) is 19.5 Å². The highest BCUT2D eigenvalue weighted by molar-refractivity contribution is 14.1. The summed E-state index contributed by atoms with van der Waals surface area (Å²) >= 11 is 5.86. The largest absolute Gasteiger partial charge is 0.318 e. The summed E-state index contributed by atoms with van der Waals surface area (Å²) < 4.78 is 2.45.